The van der Waals surface area contributed by atoms with Crippen LogP contribution in [0.15, 0.2) is 37.2 Å². The molecule has 1 atom stereocenters. The fourth-order valence-electron chi connectivity index (χ4n) is 3.64. The van der Waals surface area contributed by atoms with E-state index in [2.05, 4.69) is 28.5 Å². The number of carbonyl (C=O) groups is 1. The number of hydrogen-bond donors (Lipinski definition) is 1. The van der Waals surface area contributed by atoms with Gasteiger partial charge in [-0.05, 0) is 30.6 Å². The number of methoxy groups -OCH3 is 2. The number of hydrogen-bond acceptors (Lipinski definition) is 7. The second-order valence-electron chi connectivity index (χ2n) is 7.05. The van der Waals surface area contributed by atoms with E-state index in [1.165, 1.54) is 12.4 Å². The zero-order valence-electron chi connectivity index (χ0n) is 17.3. The van der Waals surface area contributed by atoms with Crippen LogP contribution in [0.3, 0.4) is 0 Å². The molecule has 9 nitrogen and oxygen atoms in total. The second-order valence-corrected chi connectivity index (χ2v) is 7.05. The topological polar surface area (TPSA) is 108 Å². The second kappa shape index (κ2) is 8.36. The summed E-state index contributed by atoms with van der Waals surface area (Å²) in [6, 6.07) is 5.39. The van der Waals surface area contributed by atoms with E-state index in [1.54, 1.807) is 29.7 Å². The van der Waals surface area contributed by atoms with Crippen molar-refractivity contribution in [3.05, 3.63) is 54.3 Å². The predicted molar refractivity (Wildman–Crippen MR) is 115 cm³/mol. The molecule has 2 aromatic heterocycles. The molecule has 3 aromatic rings. The van der Waals surface area contributed by atoms with Gasteiger partial charge in [0.05, 0.1) is 14.2 Å². The molecule has 0 aliphatic carbocycles. The Morgan fingerprint density at radius 2 is 2.00 bits per heavy atom. The van der Waals surface area contributed by atoms with E-state index in [-0.39, 0.29) is 11.8 Å². The highest BCUT2D eigenvalue weighted by Crippen LogP contribution is 2.29. The average molecular weight is 418 g/mol. The Bertz CT molecular complexity index is 1200. The van der Waals surface area contributed by atoms with E-state index in [4.69, 9.17) is 20.2 Å². The standard InChI is InChI=1S/C22H22N6O3/c1-4-19(29)27-8-7-15(12-27)22-26-18(20-21(23)24-13-25-28(20)22)6-5-14-9-16(30-2)11-17(10-14)31-3/h4,9-11,13,15H,1,7-8,12H2,2-3H3,(H2,23,24,25)/t15-/m0/s1. The lowest BCUT2D eigenvalue weighted by molar-refractivity contribution is -0.125. The number of carbonyl (C=O) groups excluding carboxylic acids is 1. The molecule has 2 N–H and O–H groups in total. The van der Waals surface area contributed by atoms with Crippen LogP contribution in [0.5, 0.6) is 11.5 Å². The first-order valence-electron chi connectivity index (χ1n) is 9.69. The largest absolute Gasteiger partial charge is 0.497 e. The maximum absolute atomic E-state index is 12.0. The Hall–Kier alpha value is -4.06. The van der Waals surface area contributed by atoms with Crippen LogP contribution in [0.4, 0.5) is 5.82 Å². The molecule has 0 saturated carbocycles. The molecule has 4 rings (SSSR count). The molecule has 1 aliphatic rings. The number of amides is 1. The maximum atomic E-state index is 12.0. The number of rotatable bonds is 4. The monoisotopic (exact) mass is 418 g/mol. The van der Waals surface area contributed by atoms with Crippen LogP contribution in [0.25, 0.3) is 5.52 Å². The number of anilines is 1. The van der Waals surface area contributed by atoms with E-state index < -0.39 is 0 Å². The van der Waals surface area contributed by atoms with Crippen LogP contribution in [0.1, 0.15) is 29.4 Å². The first-order valence-corrected chi connectivity index (χ1v) is 9.69. The first kappa shape index (κ1) is 20.2. The number of imidazole rings is 1. The highest BCUT2D eigenvalue weighted by Gasteiger charge is 2.30. The van der Waals surface area contributed by atoms with Gasteiger partial charge in [0.25, 0.3) is 0 Å². The summed E-state index contributed by atoms with van der Waals surface area (Å²) in [4.78, 5) is 22.5. The van der Waals surface area contributed by atoms with Gasteiger partial charge >= 0.3 is 0 Å². The summed E-state index contributed by atoms with van der Waals surface area (Å²) < 4.78 is 12.3. The van der Waals surface area contributed by atoms with Crippen molar-refractivity contribution in [2.45, 2.75) is 12.3 Å². The van der Waals surface area contributed by atoms with E-state index in [0.717, 1.165) is 6.42 Å². The number of nitrogens with two attached hydrogens (primary N) is 1. The number of benzene rings is 1. The summed E-state index contributed by atoms with van der Waals surface area (Å²) in [5.74, 6) is 8.37. The summed E-state index contributed by atoms with van der Waals surface area (Å²) in [7, 11) is 3.17. The summed E-state index contributed by atoms with van der Waals surface area (Å²) in [5, 5.41) is 4.34. The third kappa shape index (κ3) is 3.88. The van der Waals surface area contributed by atoms with E-state index in [1.807, 2.05) is 12.1 Å². The zero-order chi connectivity index (χ0) is 22.0. The lowest BCUT2D eigenvalue weighted by atomic mass is 10.1. The predicted octanol–water partition coefficient (Wildman–Crippen LogP) is 1.63. The fraction of sp³-hybridized carbons (Fsp3) is 0.273. The molecular weight excluding hydrogens is 396 g/mol. The molecule has 1 amide bonds. The van der Waals surface area contributed by atoms with Crippen molar-refractivity contribution >= 4 is 17.2 Å². The van der Waals surface area contributed by atoms with E-state index in [0.29, 0.717) is 53.0 Å². The van der Waals surface area contributed by atoms with Crippen LogP contribution in [-0.2, 0) is 4.79 Å². The molecule has 1 aromatic carbocycles. The molecule has 0 radical (unpaired) electrons. The third-order valence-electron chi connectivity index (χ3n) is 5.20. The minimum Gasteiger partial charge on any atom is -0.497 e. The molecule has 0 unspecified atom stereocenters. The highest BCUT2D eigenvalue weighted by molar-refractivity contribution is 5.87. The summed E-state index contributed by atoms with van der Waals surface area (Å²) in [5.41, 5.74) is 7.86. The van der Waals surface area contributed by atoms with Gasteiger partial charge in [-0.15, -0.1) is 0 Å². The molecule has 158 valence electrons. The number of aromatic nitrogens is 4. The summed E-state index contributed by atoms with van der Waals surface area (Å²) in [6.07, 6.45) is 3.48. The van der Waals surface area contributed by atoms with Gasteiger partial charge < -0.3 is 20.1 Å². The maximum Gasteiger partial charge on any atom is 0.245 e. The molecule has 1 aliphatic heterocycles. The number of fused-ring (bicyclic) bond motifs is 1. The Morgan fingerprint density at radius 1 is 1.26 bits per heavy atom. The molecule has 1 fully saturated rings. The van der Waals surface area contributed by atoms with Gasteiger partial charge in [0.1, 0.15) is 34.9 Å². The van der Waals surface area contributed by atoms with Gasteiger partial charge in [-0.25, -0.2) is 14.5 Å². The van der Waals surface area contributed by atoms with Crippen molar-refractivity contribution in [1.82, 2.24) is 24.5 Å². The lowest BCUT2D eigenvalue weighted by Crippen LogP contribution is -2.26. The molecule has 9 heteroatoms. The van der Waals surface area contributed by atoms with Crippen molar-refractivity contribution in [2.24, 2.45) is 0 Å². The summed E-state index contributed by atoms with van der Waals surface area (Å²) >= 11 is 0. The normalized spacial score (nSPS) is 15.4. The Labute approximate surface area is 179 Å². The summed E-state index contributed by atoms with van der Waals surface area (Å²) in [6.45, 7) is 4.73. The number of likely N-dealkylation sites (tertiary alicyclic amines) is 1. The van der Waals surface area contributed by atoms with Gasteiger partial charge in [-0.1, -0.05) is 12.5 Å². The smallest absolute Gasteiger partial charge is 0.245 e. The molecule has 31 heavy (non-hydrogen) atoms. The van der Waals surface area contributed by atoms with Crippen LogP contribution in [-0.4, -0.2) is 57.7 Å². The molecule has 3 heterocycles. The zero-order valence-corrected chi connectivity index (χ0v) is 17.3. The minimum atomic E-state index is -0.0931. The average Bonchev–Trinajstić information content (AvgIpc) is 3.42. The van der Waals surface area contributed by atoms with Crippen molar-refractivity contribution < 1.29 is 14.3 Å². The van der Waals surface area contributed by atoms with Gasteiger partial charge in [-0.2, -0.15) is 5.10 Å². The van der Waals surface area contributed by atoms with Gasteiger partial charge in [-0.3, -0.25) is 4.79 Å². The Kier molecular flexibility index (Phi) is 5.45. The molecule has 1 saturated heterocycles. The van der Waals surface area contributed by atoms with Gasteiger partial charge in [0.2, 0.25) is 5.91 Å². The van der Waals surface area contributed by atoms with Gasteiger partial charge in [0, 0.05) is 30.6 Å². The highest BCUT2D eigenvalue weighted by atomic mass is 16.5. The van der Waals surface area contributed by atoms with Crippen LogP contribution in [0, 0.1) is 11.8 Å². The Balaban J connectivity index is 1.75. The molecule has 0 bridgehead atoms. The van der Waals surface area contributed by atoms with Crippen LogP contribution >= 0.6 is 0 Å². The van der Waals surface area contributed by atoms with Crippen molar-refractivity contribution in [3.63, 3.8) is 0 Å². The quantitative estimate of drug-likeness (QED) is 0.507. The fourth-order valence-corrected chi connectivity index (χ4v) is 3.64. The molecule has 0 spiro atoms. The first-order chi connectivity index (χ1) is 15.0. The van der Waals surface area contributed by atoms with Gasteiger partial charge in [0.15, 0.2) is 5.82 Å². The lowest BCUT2D eigenvalue weighted by Gasteiger charge is -2.13. The van der Waals surface area contributed by atoms with Crippen molar-refractivity contribution in [1.29, 1.82) is 0 Å². The van der Waals surface area contributed by atoms with Crippen LogP contribution in [0.2, 0.25) is 0 Å². The van der Waals surface area contributed by atoms with Crippen molar-refractivity contribution in [2.75, 3.05) is 33.0 Å². The van der Waals surface area contributed by atoms with Crippen LogP contribution < -0.4 is 15.2 Å². The number of nitrogen functional groups attached to an aromatic ring is 1. The van der Waals surface area contributed by atoms with E-state index in [9.17, 15) is 4.79 Å². The third-order valence-corrected chi connectivity index (χ3v) is 5.20. The van der Waals surface area contributed by atoms with E-state index >= 15 is 0 Å². The SMILES string of the molecule is C=CC(=O)N1CC[C@H](c2nc(C#Cc3cc(OC)cc(OC)c3)c3c(N)ncnn23)C1. The van der Waals surface area contributed by atoms with Crippen molar-refractivity contribution in [3.8, 4) is 23.3 Å². The number of nitrogens with zero attached hydrogens (tertiary/aromatic N) is 5. The Morgan fingerprint density at radius 3 is 2.68 bits per heavy atom. The number of ether oxygens (including phenoxy) is 2. The molecular formula is C22H22N6O3. The minimum absolute atomic E-state index is 0.0122.